The Kier molecular flexibility index (Phi) is 6.59. The summed E-state index contributed by atoms with van der Waals surface area (Å²) in [4.78, 5) is 2.09. The van der Waals surface area contributed by atoms with Gasteiger partial charge in [-0.2, -0.15) is 0 Å². The van der Waals surface area contributed by atoms with Gasteiger partial charge in [-0.05, 0) is 42.3 Å². The molecule has 124 valence electrons. The van der Waals surface area contributed by atoms with Gasteiger partial charge in [0, 0.05) is 19.7 Å². The van der Waals surface area contributed by atoms with Gasteiger partial charge < -0.3 is 14.9 Å². The lowest BCUT2D eigenvalue weighted by Crippen LogP contribution is -2.24. The van der Waals surface area contributed by atoms with E-state index in [0.717, 1.165) is 23.4 Å². The van der Waals surface area contributed by atoms with Crippen molar-refractivity contribution in [2.75, 3.05) is 27.3 Å². The van der Waals surface area contributed by atoms with Crippen molar-refractivity contribution in [2.45, 2.75) is 19.1 Å². The smallest absolute Gasteiger partial charge is 0.122 e. The predicted molar refractivity (Wildman–Crippen MR) is 91.5 cm³/mol. The standard InChI is InChI=1S/C19H25NO3/c1-20(13-15-6-4-3-5-7-15)14-18(22)16-8-9-19(23-2)17(12-16)10-11-21/h3-9,12,18,21-22H,10-11,13-14H2,1-2H3/t18-/m1/s1. The Bertz CT molecular complexity index is 601. The van der Waals surface area contributed by atoms with Crippen molar-refractivity contribution in [1.82, 2.24) is 4.90 Å². The summed E-state index contributed by atoms with van der Waals surface area (Å²) in [7, 11) is 3.61. The molecule has 2 rings (SSSR count). The molecule has 0 aliphatic rings. The van der Waals surface area contributed by atoms with E-state index in [1.54, 1.807) is 7.11 Å². The van der Waals surface area contributed by atoms with Crippen LogP contribution in [0.4, 0.5) is 0 Å². The van der Waals surface area contributed by atoms with Gasteiger partial charge in [0.05, 0.1) is 13.2 Å². The topological polar surface area (TPSA) is 52.9 Å². The third-order valence-electron chi connectivity index (χ3n) is 3.85. The SMILES string of the molecule is COc1ccc([C@H](O)CN(C)Cc2ccccc2)cc1CCO. The molecule has 0 unspecified atom stereocenters. The molecular formula is C19H25NO3. The van der Waals surface area contributed by atoms with E-state index in [1.165, 1.54) is 5.56 Å². The molecule has 0 aromatic heterocycles. The summed E-state index contributed by atoms with van der Waals surface area (Å²) >= 11 is 0. The first kappa shape index (κ1) is 17.5. The van der Waals surface area contributed by atoms with Gasteiger partial charge in [0.25, 0.3) is 0 Å². The summed E-state index contributed by atoms with van der Waals surface area (Å²) < 4.78 is 5.29. The van der Waals surface area contributed by atoms with E-state index in [4.69, 9.17) is 9.84 Å². The van der Waals surface area contributed by atoms with Gasteiger partial charge in [-0.3, -0.25) is 4.90 Å². The summed E-state index contributed by atoms with van der Waals surface area (Å²) in [6.45, 7) is 1.39. The lowest BCUT2D eigenvalue weighted by atomic mass is 10.0. The van der Waals surface area contributed by atoms with Crippen LogP contribution >= 0.6 is 0 Å². The lowest BCUT2D eigenvalue weighted by Gasteiger charge is -2.21. The Labute approximate surface area is 138 Å². The predicted octanol–water partition coefficient (Wildman–Crippen LogP) is 2.40. The molecule has 1 atom stereocenters. The van der Waals surface area contributed by atoms with Crippen molar-refractivity contribution in [3.63, 3.8) is 0 Å². The lowest BCUT2D eigenvalue weighted by molar-refractivity contribution is 0.123. The zero-order chi connectivity index (χ0) is 16.7. The number of methoxy groups -OCH3 is 1. The van der Waals surface area contributed by atoms with Crippen LogP contribution in [0.25, 0.3) is 0 Å². The number of rotatable bonds is 8. The zero-order valence-electron chi connectivity index (χ0n) is 13.8. The Morgan fingerprint density at radius 2 is 1.87 bits per heavy atom. The second-order valence-electron chi connectivity index (χ2n) is 5.74. The Balaban J connectivity index is 2.02. The molecule has 23 heavy (non-hydrogen) atoms. The highest BCUT2D eigenvalue weighted by molar-refractivity contribution is 5.38. The number of ether oxygens (including phenoxy) is 1. The van der Waals surface area contributed by atoms with Crippen molar-refractivity contribution in [1.29, 1.82) is 0 Å². The zero-order valence-corrected chi connectivity index (χ0v) is 13.8. The molecule has 0 bridgehead atoms. The van der Waals surface area contributed by atoms with Crippen LogP contribution in [-0.4, -0.2) is 42.4 Å². The van der Waals surface area contributed by atoms with Gasteiger partial charge in [0.1, 0.15) is 5.75 Å². The molecule has 4 nitrogen and oxygen atoms in total. The Morgan fingerprint density at radius 1 is 1.13 bits per heavy atom. The average molecular weight is 315 g/mol. The summed E-state index contributed by atoms with van der Waals surface area (Å²) in [6, 6.07) is 15.8. The summed E-state index contributed by atoms with van der Waals surface area (Å²) in [5.41, 5.74) is 2.98. The summed E-state index contributed by atoms with van der Waals surface area (Å²) in [5, 5.41) is 19.6. The molecule has 0 aliphatic carbocycles. The first-order valence-corrected chi connectivity index (χ1v) is 7.82. The highest BCUT2D eigenvalue weighted by Crippen LogP contribution is 2.24. The second-order valence-corrected chi connectivity index (χ2v) is 5.74. The van der Waals surface area contributed by atoms with Crippen molar-refractivity contribution in [3.8, 4) is 5.75 Å². The van der Waals surface area contributed by atoms with Crippen molar-refractivity contribution < 1.29 is 14.9 Å². The van der Waals surface area contributed by atoms with Crippen LogP contribution in [0.15, 0.2) is 48.5 Å². The molecule has 0 heterocycles. The number of aliphatic hydroxyl groups excluding tert-OH is 2. The number of hydrogen-bond donors (Lipinski definition) is 2. The highest BCUT2D eigenvalue weighted by atomic mass is 16.5. The fourth-order valence-electron chi connectivity index (χ4n) is 2.68. The molecule has 4 heteroatoms. The van der Waals surface area contributed by atoms with Crippen molar-refractivity contribution >= 4 is 0 Å². The maximum Gasteiger partial charge on any atom is 0.122 e. The third-order valence-corrected chi connectivity index (χ3v) is 3.85. The van der Waals surface area contributed by atoms with E-state index < -0.39 is 6.10 Å². The van der Waals surface area contributed by atoms with Crippen LogP contribution in [-0.2, 0) is 13.0 Å². The second kappa shape index (κ2) is 8.67. The van der Waals surface area contributed by atoms with Crippen LogP contribution in [0.3, 0.4) is 0 Å². The van der Waals surface area contributed by atoms with Gasteiger partial charge in [0.2, 0.25) is 0 Å². The molecule has 0 spiro atoms. The molecule has 0 aliphatic heterocycles. The van der Waals surface area contributed by atoms with E-state index in [0.29, 0.717) is 13.0 Å². The molecule has 0 saturated carbocycles. The maximum atomic E-state index is 10.5. The number of aliphatic hydroxyl groups is 2. The first-order valence-electron chi connectivity index (χ1n) is 7.82. The molecule has 0 amide bonds. The van der Waals surface area contributed by atoms with Gasteiger partial charge in [-0.25, -0.2) is 0 Å². The van der Waals surface area contributed by atoms with E-state index in [-0.39, 0.29) is 6.61 Å². The van der Waals surface area contributed by atoms with E-state index >= 15 is 0 Å². The monoisotopic (exact) mass is 315 g/mol. The molecule has 2 aromatic rings. The number of nitrogens with zero attached hydrogens (tertiary/aromatic N) is 1. The average Bonchev–Trinajstić information content (AvgIpc) is 2.56. The minimum Gasteiger partial charge on any atom is -0.496 e. The largest absolute Gasteiger partial charge is 0.496 e. The minimum absolute atomic E-state index is 0.0593. The third kappa shape index (κ3) is 5.06. The molecule has 0 saturated heterocycles. The number of benzene rings is 2. The van der Waals surface area contributed by atoms with Crippen LogP contribution < -0.4 is 4.74 Å². The Morgan fingerprint density at radius 3 is 2.52 bits per heavy atom. The van der Waals surface area contributed by atoms with Gasteiger partial charge >= 0.3 is 0 Å². The normalized spacial score (nSPS) is 12.4. The maximum absolute atomic E-state index is 10.5. The highest BCUT2D eigenvalue weighted by Gasteiger charge is 2.13. The van der Waals surface area contributed by atoms with Gasteiger partial charge in [-0.1, -0.05) is 36.4 Å². The van der Waals surface area contributed by atoms with Gasteiger partial charge in [-0.15, -0.1) is 0 Å². The van der Waals surface area contributed by atoms with E-state index in [1.807, 2.05) is 43.4 Å². The fourth-order valence-corrected chi connectivity index (χ4v) is 2.68. The van der Waals surface area contributed by atoms with Crippen LogP contribution in [0.2, 0.25) is 0 Å². The van der Waals surface area contributed by atoms with Gasteiger partial charge in [0.15, 0.2) is 0 Å². The molecule has 2 N–H and O–H groups in total. The first-order chi connectivity index (χ1) is 11.1. The summed E-state index contributed by atoms with van der Waals surface area (Å²) in [6.07, 6.45) is -0.0593. The number of hydrogen-bond acceptors (Lipinski definition) is 4. The van der Waals surface area contributed by atoms with Crippen molar-refractivity contribution in [3.05, 3.63) is 65.2 Å². The van der Waals surface area contributed by atoms with Crippen LogP contribution in [0.1, 0.15) is 22.8 Å². The van der Waals surface area contributed by atoms with Crippen LogP contribution in [0.5, 0.6) is 5.75 Å². The van der Waals surface area contributed by atoms with Crippen molar-refractivity contribution in [2.24, 2.45) is 0 Å². The summed E-state index contributed by atoms with van der Waals surface area (Å²) in [5.74, 6) is 0.743. The number of likely N-dealkylation sites (N-methyl/N-ethyl adjacent to an activating group) is 1. The molecule has 0 radical (unpaired) electrons. The van der Waals surface area contributed by atoms with E-state index in [2.05, 4.69) is 17.0 Å². The molecule has 0 fully saturated rings. The van der Waals surface area contributed by atoms with Crippen LogP contribution in [0, 0.1) is 0 Å². The molecule has 2 aromatic carbocycles. The quantitative estimate of drug-likeness (QED) is 0.785. The fraction of sp³-hybridized carbons (Fsp3) is 0.368. The Hall–Kier alpha value is -1.88. The molecular weight excluding hydrogens is 290 g/mol. The van der Waals surface area contributed by atoms with E-state index in [9.17, 15) is 5.11 Å². The minimum atomic E-state index is -0.577.